The van der Waals surface area contributed by atoms with Crippen molar-refractivity contribution in [3.63, 3.8) is 0 Å². The van der Waals surface area contributed by atoms with Crippen LogP contribution in [-0.4, -0.2) is 70.0 Å². The highest BCUT2D eigenvalue weighted by atomic mass is 16.5. The van der Waals surface area contributed by atoms with Gasteiger partial charge in [-0.2, -0.15) is 15.1 Å². The highest BCUT2D eigenvalue weighted by Gasteiger charge is 2.38. The van der Waals surface area contributed by atoms with E-state index in [1.165, 1.54) is 0 Å². The highest BCUT2D eigenvalue weighted by Crippen LogP contribution is 2.28. The summed E-state index contributed by atoms with van der Waals surface area (Å²) in [6.07, 6.45) is 1.76. The fourth-order valence-electron chi connectivity index (χ4n) is 4.06. The number of amides is 2. The Balaban J connectivity index is 1.36. The van der Waals surface area contributed by atoms with Gasteiger partial charge in [0.1, 0.15) is 11.6 Å². The second kappa shape index (κ2) is 7.02. The van der Waals surface area contributed by atoms with E-state index in [9.17, 15) is 4.79 Å². The number of nitrogens with zero attached hydrogens (tertiary/aromatic N) is 7. The molecule has 4 heterocycles. The van der Waals surface area contributed by atoms with Gasteiger partial charge in [-0.25, -0.2) is 15.2 Å². The van der Waals surface area contributed by atoms with Crippen molar-refractivity contribution in [2.75, 3.05) is 48.9 Å². The number of carbonyl (C=O) groups excluding carboxylic acids is 1. The van der Waals surface area contributed by atoms with Gasteiger partial charge >= 0.3 is 6.03 Å². The molecule has 3 aromatic rings. The average molecular weight is 409 g/mol. The summed E-state index contributed by atoms with van der Waals surface area (Å²) < 4.78 is 6.88. The number of aryl methyl sites for hydroxylation is 1. The second-order valence-electron chi connectivity index (χ2n) is 7.38. The number of fused-ring (bicyclic) bond motifs is 2. The number of piperazine rings is 1. The van der Waals surface area contributed by atoms with E-state index in [0.717, 1.165) is 22.6 Å². The summed E-state index contributed by atoms with van der Waals surface area (Å²) in [6, 6.07) is 7.36. The summed E-state index contributed by atoms with van der Waals surface area (Å²) >= 11 is 0. The maximum Gasteiger partial charge on any atom is 0.339 e. The molecule has 2 aromatic heterocycles. The van der Waals surface area contributed by atoms with E-state index in [1.54, 1.807) is 23.0 Å². The molecule has 11 nitrogen and oxygen atoms in total. The molecule has 0 radical (unpaired) electrons. The van der Waals surface area contributed by atoms with Crippen LogP contribution in [0.25, 0.3) is 11.0 Å². The number of hydrogen-bond acceptors (Lipinski definition) is 8. The highest BCUT2D eigenvalue weighted by molar-refractivity contribution is 5.93. The van der Waals surface area contributed by atoms with Crippen LogP contribution in [0.1, 0.15) is 0 Å². The number of benzene rings is 1. The molecule has 2 amide bonds. The lowest BCUT2D eigenvalue weighted by atomic mass is 10.1. The Morgan fingerprint density at radius 3 is 2.77 bits per heavy atom. The van der Waals surface area contributed by atoms with Crippen LogP contribution in [0, 0.1) is 0 Å². The molecule has 156 valence electrons. The van der Waals surface area contributed by atoms with Gasteiger partial charge in [0, 0.05) is 33.2 Å². The van der Waals surface area contributed by atoms with Crippen LogP contribution in [0.15, 0.2) is 30.5 Å². The summed E-state index contributed by atoms with van der Waals surface area (Å²) in [5.41, 5.74) is 10.7. The van der Waals surface area contributed by atoms with Gasteiger partial charge in [-0.05, 0) is 24.3 Å². The molecule has 3 N–H and O–H groups in total. The number of methoxy groups -OCH3 is 1. The van der Waals surface area contributed by atoms with E-state index in [4.69, 9.17) is 10.5 Å². The van der Waals surface area contributed by atoms with Crippen molar-refractivity contribution in [3.05, 3.63) is 30.5 Å². The zero-order valence-electron chi connectivity index (χ0n) is 16.8. The molecule has 5 rings (SSSR count). The molecule has 0 bridgehead atoms. The zero-order chi connectivity index (χ0) is 20.8. The van der Waals surface area contributed by atoms with E-state index < -0.39 is 0 Å². The summed E-state index contributed by atoms with van der Waals surface area (Å²) in [6.45, 7) is 2.52. The standard InChI is InChI=1S/C19H23N9O2/c1-25-16-15(10-21-25)17(24-18(20)23-16)26-7-8-27-13(11-26)9-22-28(19(27)29)12-3-5-14(30-2)6-4-12/h3-6,10,13,22H,7-9,11H2,1-2H3,(H2,20,23,24)/t13-/m0/s1. The smallest absolute Gasteiger partial charge is 0.339 e. The molecule has 1 atom stereocenters. The molecule has 11 heteroatoms. The van der Waals surface area contributed by atoms with Gasteiger partial charge in [-0.3, -0.25) is 4.68 Å². The second-order valence-corrected chi connectivity index (χ2v) is 7.38. The van der Waals surface area contributed by atoms with Gasteiger partial charge in [-0.1, -0.05) is 0 Å². The summed E-state index contributed by atoms with van der Waals surface area (Å²) in [4.78, 5) is 25.9. The Kier molecular flexibility index (Phi) is 4.31. The lowest BCUT2D eigenvalue weighted by Crippen LogP contribution is -2.68. The van der Waals surface area contributed by atoms with Crippen molar-refractivity contribution in [2.24, 2.45) is 7.05 Å². The zero-order valence-corrected chi connectivity index (χ0v) is 16.8. The predicted molar refractivity (Wildman–Crippen MR) is 112 cm³/mol. The molecule has 2 saturated heterocycles. The molecule has 2 fully saturated rings. The van der Waals surface area contributed by atoms with Crippen molar-refractivity contribution in [3.8, 4) is 5.75 Å². The minimum absolute atomic E-state index is 0.0173. The van der Waals surface area contributed by atoms with Gasteiger partial charge < -0.3 is 20.3 Å². The Morgan fingerprint density at radius 2 is 2.00 bits per heavy atom. The van der Waals surface area contributed by atoms with Crippen molar-refractivity contribution >= 4 is 34.5 Å². The maximum atomic E-state index is 13.1. The molecular weight excluding hydrogens is 386 g/mol. The van der Waals surface area contributed by atoms with Crippen LogP contribution in [0.3, 0.4) is 0 Å². The van der Waals surface area contributed by atoms with Crippen molar-refractivity contribution < 1.29 is 9.53 Å². The fraction of sp³-hybridized carbons (Fsp3) is 0.368. The third kappa shape index (κ3) is 2.94. The molecule has 2 aliphatic heterocycles. The maximum absolute atomic E-state index is 13.1. The Hall–Kier alpha value is -3.60. The van der Waals surface area contributed by atoms with Crippen molar-refractivity contribution in [2.45, 2.75) is 6.04 Å². The lowest BCUT2D eigenvalue weighted by molar-refractivity contribution is 0.151. The summed E-state index contributed by atoms with van der Waals surface area (Å²) in [5, 5.41) is 6.73. The van der Waals surface area contributed by atoms with Gasteiger partial charge in [0.25, 0.3) is 0 Å². The van der Waals surface area contributed by atoms with Crippen LogP contribution in [0.2, 0.25) is 0 Å². The number of hydrazine groups is 1. The number of nitrogen functional groups attached to an aromatic ring is 1. The summed E-state index contributed by atoms with van der Waals surface area (Å²) in [5.74, 6) is 1.72. The van der Waals surface area contributed by atoms with Crippen LogP contribution in [-0.2, 0) is 7.05 Å². The molecular formula is C19H23N9O2. The first-order valence-corrected chi connectivity index (χ1v) is 9.73. The number of hydrogen-bond donors (Lipinski definition) is 2. The molecule has 0 unspecified atom stereocenters. The predicted octanol–water partition coefficient (Wildman–Crippen LogP) is 0.590. The number of ether oxygens (including phenoxy) is 1. The van der Waals surface area contributed by atoms with Crippen molar-refractivity contribution in [1.82, 2.24) is 30.1 Å². The van der Waals surface area contributed by atoms with Gasteiger partial charge in [0.05, 0.1) is 30.4 Å². The normalized spacial score (nSPS) is 19.3. The lowest BCUT2D eigenvalue weighted by Gasteiger charge is -2.47. The van der Waals surface area contributed by atoms with Crippen molar-refractivity contribution in [1.29, 1.82) is 0 Å². The SMILES string of the molecule is COc1ccc(N2NC[C@H]3CN(c4nc(N)nc5c4cnn5C)CCN3C2=O)cc1. The van der Waals surface area contributed by atoms with E-state index in [0.29, 0.717) is 31.8 Å². The van der Waals surface area contributed by atoms with Crippen LogP contribution in [0.5, 0.6) is 5.75 Å². The van der Waals surface area contributed by atoms with Gasteiger partial charge in [0.2, 0.25) is 5.95 Å². The number of rotatable bonds is 3. The number of carbonyl (C=O) groups is 1. The minimum Gasteiger partial charge on any atom is -0.497 e. The van der Waals surface area contributed by atoms with E-state index in [-0.39, 0.29) is 18.0 Å². The molecule has 30 heavy (non-hydrogen) atoms. The minimum atomic E-state index is -0.0650. The van der Waals surface area contributed by atoms with E-state index in [2.05, 4.69) is 25.4 Å². The average Bonchev–Trinajstić information content (AvgIpc) is 3.14. The van der Waals surface area contributed by atoms with Crippen LogP contribution in [0.4, 0.5) is 22.2 Å². The number of nitrogens with two attached hydrogens (primary N) is 1. The number of aromatic nitrogens is 4. The van der Waals surface area contributed by atoms with E-state index in [1.807, 2.05) is 36.2 Å². The van der Waals surface area contributed by atoms with Crippen LogP contribution >= 0.6 is 0 Å². The number of urea groups is 1. The Bertz CT molecular complexity index is 1100. The molecule has 0 saturated carbocycles. The first kappa shape index (κ1) is 18.4. The number of anilines is 3. The number of nitrogens with one attached hydrogen (secondary N) is 1. The van der Waals surface area contributed by atoms with E-state index >= 15 is 0 Å². The first-order chi connectivity index (χ1) is 14.5. The molecule has 1 aromatic carbocycles. The third-order valence-electron chi connectivity index (χ3n) is 5.62. The monoisotopic (exact) mass is 409 g/mol. The van der Waals surface area contributed by atoms with Gasteiger partial charge in [-0.15, -0.1) is 0 Å². The molecule has 0 aliphatic carbocycles. The largest absolute Gasteiger partial charge is 0.497 e. The molecule has 2 aliphatic rings. The third-order valence-corrected chi connectivity index (χ3v) is 5.62. The topological polar surface area (TPSA) is 118 Å². The quantitative estimate of drug-likeness (QED) is 0.645. The Labute approximate surface area is 173 Å². The van der Waals surface area contributed by atoms with Crippen LogP contribution < -0.4 is 25.8 Å². The summed E-state index contributed by atoms with van der Waals surface area (Å²) in [7, 11) is 3.45. The molecule has 0 spiro atoms. The fourth-order valence-corrected chi connectivity index (χ4v) is 4.06. The van der Waals surface area contributed by atoms with Gasteiger partial charge in [0.15, 0.2) is 5.65 Å². The Morgan fingerprint density at radius 1 is 1.20 bits per heavy atom. The first-order valence-electron chi connectivity index (χ1n) is 9.73.